The van der Waals surface area contributed by atoms with Crippen LogP contribution < -0.4 is 5.73 Å². The fraction of sp³-hybridized carbons (Fsp3) is 0.185. The van der Waals surface area contributed by atoms with Gasteiger partial charge in [0.15, 0.2) is 0 Å². The van der Waals surface area contributed by atoms with Crippen LogP contribution in [0, 0.1) is 11.2 Å². The van der Waals surface area contributed by atoms with Gasteiger partial charge in [-0.05, 0) is 64.5 Å². The third-order valence-corrected chi connectivity index (χ3v) is 7.20. The molecular weight excluding hydrogens is 493 g/mol. The molecule has 0 aliphatic carbocycles. The van der Waals surface area contributed by atoms with Crippen molar-refractivity contribution < 1.29 is 24.1 Å². The number of ether oxygens (including phenoxy) is 1. The van der Waals surface area contributed by atoms with Crippen LogP contribution in [-0.4, -0.2) is 71.6 Å². The van der Waals surface area contributed by atoms with E-state index < -0.39 is 27.8 Å². The number of benzene rings is 3. The molecule has 0 atom stereocenters. The van der Waals surface area contributed by atoms with Crippen LogP contribution in [0.5, 0.6) is 0 Å². The number of hydrogen-bond acceptors (Lipinski definition) is 5. The van der Waals surface area contributed by atoms with Crippen LogP contribution >= 0.6 is 0 Å². The lowest BCUT2D eigenvalue weighted by Gasteiger charge is -2.58. The van der Waals surface area contributed by atoms with Crippen molar-refractivity contribution in [2.24, 2.45) is 0 Å². The number of aromatic nitrogens is 1. The lowest BCUT2D eigenvalue weighted by atomic mass is 9.31. The number of rotatable bonds is 5. The molecule has 1 aromatic heterocycles. The van der Waals surface area contributed by atoms with Gasteiger partial charge >= 0.3 is 5.97 Å². The van der Waals surface area contributed by atoms with E-state index in [0.717, 1.165) is 6.21 Å². The number of fused-ring (bicyclic) bond motifs is 1. The Bertz CT molecular complexity index is 1600. The van der Waals surface area contributed by atoms with E-state index in [4.69, 9.17) is 47.3 Å². The Hall–Kier alpha value is -3.75. The number of carbonyl (C=O) groups is 1. The molecule has 0 amide bonds. The Morgan fingerprint density at radius 1 is 1.03 bits per heavy atom. The van der Waals surface area contributed by atoms with Crippen molar-refractivity contribution in [1.29, 1.82) is 5.41 Å². The minimum atomic E-state index is -2.37. The van der Waals surface area contributed by atoms with E-state index in [1.807, 2.05) is 0 Å². The summed E-state index contributed by atoms with van der Waals surface area (Å²) in [4.78, 5) is 11.5. The molecule has 186 valence electrons. The lowest BCUT2D eigenvalue weighted by molar-refractivity contribution is -0.0961. The normalized spacial score (nSPS) is 17.6. The number of aromatic carboxylic acids is 1. The van der Waals surface area contributed by atoms with Gasteiger partial charge < -0.3 is 30.7 Å². The number of nitrogens with two attached hydrogens (primary N) is 1. The zero-order valence-corrected chi connectivity index (χ0v) is 20.7. The highest BCUT2D eigenvalue weighted by Crippen LogP contribution is 2.60. The molecule has 0 spiro atoms. The zero-order valence-electron chi connectivity index (χ0n) is 20.7. The number of halogens is 1. The van der Waals surface area contributed by atoms with Crippen molar-refractivity contribution in [2.45, 2.75) is 16.0 Å². The Balaban J connectivity index is 2.02. The number of anilines is 1. The summed E-state index contributed by atoms with van der Waals surface area (Å²) in [6.45, 7) is -0.619. The highest BCUT2D eigenvalue weighted by Gasteiger charge is 2.58. The van der Waals surface area contributed by atoms with Gasteiger partial charge in [-0.2, -0.15) is 0 Å². The van der Waals surface area contributed by atoms with Crippen molar-refractivity contribution >= 4 is 60.2 Å². The highest BCUT2D eigenvalue weighted by atomic mass is 19.1. The van der Waals surface area contributed by atoms with E-state index in [-0.39, 0.29) is 30.2 Å². The summed E-state index contributed by atoms with van der Waals surface area (Å²) < 4.78 is 21.0. The van der Waals surface area contributed by atoms with E-state index in [1.54, 1.807) is 28.8 Å². The Kier molecular flexibility index (Phi) is 6.31. The van der Waals surface area contributed by atoms with Crippen molar-refractivity contribution in [3.8, 4) is 16.8 Å². The first-order valence-electron chi connectivity index (χ1n) is 11.9. The molecule has 12 heteroatoms. The van der Waals surface area contributed by atoms with Crippen molar-refractivity contribution in [3.63, 3.8) is 0 Å². The lowest BCUT2D eigenvalue weighted by Crippen LogP contribution is -2.59. The van der Waals surface area contributed by atoms with Gasteiger partial charge in [-0.1, -0.05) is 12.1 Å². The molecule has 1 aliphatic heterocycles. The Morgan fingerprint density at radius 2 is 1.62 bits per heavy atom. The summed E-state index contributed by atoms with van der Waals surface area (Å²) in [6.07, 6.45) is 1.08. The molecule has 0 bridgehead atoms. The molecule has 1 fully saturated rings. The molecule has 5 N–H and O–H groups in total. The van der Waals surface area contributed by atoms with Gasteiger partial charge in [-0.3, -0.25) is 0 Å². The average Bonchev–Trinajstić information content (AvgIpc) is 3.21. The van der Waals surface area contributed by atoms with E-state index in [1.165, 1.54) is 36.4 Å². The summed E-state index contributed by atoms with van der Waals surface area (Å²) in [6, 6.07) is 14.6. The van der Waals surface area contributed by atoms with Crippen molar-refractivity contribution in [1.82, 2.24) is 4.57 Å². The molecule has 8 radical (unpaired) electrons. The molecule has 0 saturated carbocycles. The Labute approximate surface area is 229 Å². The van der Waals surface area contributed by atoms with Gasteiger partial charge in [0.25, 0.3) is 0 Å². The first-order chi connectivity index (χ1) is 18.3. The molecular formula is C27H20B4FN3O4. The van der Waals surface area contributed by atoms with E-state index in [0.29, 0.717) is 33.3 Å². The average molecular weight is 513 g/mol. The van der Waals surface area contributed by atoms with Crippen LogP contribution in [-0.2, 0) is 10.3 Å². The fourth-order valence-electron chi connectivity index (χ4n) is 5.24. The second-order valence-corrected chi connectivity index (χ2v) is 9.84. The van der Waals surface area contributed by atoms with Gasteiger partial charge in [-0.15, -0.1) is 0 Å². The third kappa shape index (κ3) is 4.01. The van der Waals surface area contributed by atoms with Gasteiger partial charge in [0.05, 0.1) is 53.8 Å². The maximum Gasteiger partial charge on any atom is 0.335 e. The standard InChI is InChI=1S/C27H20B4FN3O4/c28-25(29)12-39-13-26(30,31)27(25,38)23-22(14-1-3-15(4-2-14)24(36)37)19-10-20(34)16(11-33)9-21(19)35(23)18-7-5-17(32)6-8-18/h1-11,33,38H,12-13,34H2,(H,36,37). The molecule has 1 saturated heterocycles. The smallest absolute Gasteiger partial charge is 0.335 e. The minimum Gasteiger partial charge on any atom is -0.478 e. The molecule has 2 heterocycles. The van der Waals surface area contributed by atoms with Crippen molar-refractivity contribution in [2.75, 3.05) is 18.9 Å². The summed E-state index contributed by atoms with van der Waals surface area (Å²) in [7, 11) is 25.9. The molecule has 1 aliphatic rings. The number of nitrogens with zero attached hydrogens (tertiary/aromatic N) is 1. The van der Waals surface area contributed by atoms with Crippen LogP contribution in [0.15, 0.2) is 60.7 Å². The van der Waals surface area contributed by atoms with Gasteiger partial charge in [0.1, 0.15) is 5.82 Å². The predicted molar refractivity (Wildman–Crippen MR) is 151 cm³/mol. The Morgan fingerprint density at radius 3 is 2.15 bits per heavy atom. The van der Waals surface area contributed by atoms with E-state index in [9.17, 15) is 19.4 Å². The molecule has 4 aromatic rings. The minimum absolute atomic E-state index is 0.0388. The number of hydrogen-bond donors (Lipinski definition) is 4. The largest absolute Gasteiger partial charge is 0.478 e. The van der Waals surface area contributed by atoms with Gasteiger partial charge in [0, 0.05) is 47.3 Å². The number of nitrogens with one attached hydrogen (secondary N) is 1. The summed E-state index contributed by atoms with van der Waals surface area (Å²) in [5.41, 5.74) is 6.33. The maximum atomic E-state index is 14.0. The second-order valence-electron chi connectivity index (χ2n) is 9.84. The monoisotopic (exact) mass is 513 g/mol. The summed E-state index contributed by atoms with van der Waals surface area (Å²) in [5, 5.41) is 26.3. The van der Waals surface area contributed by atoms with Gasteiger partial charge in [0.2, 0.25) is 0 Å². The summed E-state index contributed by atoms with van der Waals surface area (Å²) >= 11 is 0. The van der Waals surface area contributed by atoms with Crippen LogP contribution in [0.1, 0.15) is 21.6 Å². The third-order valence-electron chi connectivity index (χ3n) is 7.20. The highest BCUT2D eigenvalue weighted by molar-refractivity contribution is 6.46. The quantitative estimate of drug-likeness (QED) is 0.186. The predicted octanol–water partition coefficient (Wildman–Crippen LogP) is 2.84. The van der Waals surface area contributed by atoms with E-state index in [2.05, 4.69) is 0 Å². The first kappa shape index (κ1) is 26.8. The SMILES string of the molecule is [B]C1([B])COCC([B])([B])C1(O)c1c(-c2ccc(C(=O)O)cc2)c2cc(N)c(C=N)cc2n1-c1ccc(F)cc1. The molecule has 39 heavy (non-hydrogen) atoms. The fourth-order valence-corrected chi connectivity index (χ4v) is 5.24. The molecule has 7 nitrogen and oxygen atoms in total. The topological polar surface area (TPSA) is 122 Å². The number of carboxylic acids is 1. The van der Waals surface area contributed by atoms with E-state index >= 15 is 0 Å². The molecule has 5 rings (SSSR count). The summed E-state index contributed by atoms with van der Waals surface area (Å²) in [5.74, 6) is -1.61. The maximum absolute atomic E-state index is 14.0. The molecule has 0 unspecified atom stereocenters. The second kappa shape index (κ2) is 9.17. The van der Waals surface area contributed by atoms with Crippen LogP contribution in [0.3, 0.4) is 0 Å². The first-order valence-corrected chi connectivity index (χ1v) is 11.9. The van der Waals surface area contributed by atoms with Crippen molar-refractivity contribution in [3.05, 3.63) is 83.3 Å². The van der Waals surface area contributed by atoms with Gasteiger partial charge in [-0.25, -0.2) is 9.18 Å². The zero-order chi connectivity index (χ0) is 28.3. The van der Waals surface area contributed by atoms with Crippen LogP contribution in [0.4, 0.5) is 10.1 Å². The number of aliphatic hydroxyl groups is 1. The number of carboxylic acid groups (broad SMARTS) is 1. The van der Waals surface area contributed by atoms with Crippen LogP contribution in [0.25, 0.3) is 27.7 Å². The number of nitrogen functional groups attached to an aromatic ring is 1. The van der Waals surface area contributed by atoms with Crippen LogP contribution in [0.2, 0.25) is 10.4 Å². The molecule has 3 aromatic carbocycles.